The number of hydrogen-bond donors (Lipinski definition) is 0. The van der Waals surface area contributed by atoms with Crippen LogP contribution in [-0.2, 0) is 4.74 Å². The molecule has 1 heterocycles. The SMILES string of the molecule is COC(=O)c1ccc(Oc2ccc(N=O)cn2)cc1.O. The van der Waals surface area contributed by atoms with E-state index < -0.39 is 5.97 Å². The molecule has 0 amide bonds. The van der Waals surface area contributed by atoms with Crippen molar-refractivity contribution in [3.8, 4) is 11.6 Å². The van der Waals surface area contributed by atoms with E-state index in [-0.39, 0.29) is 11.2 Å². The fraction of sp³-hybridized carbons (Fsp3) is 0.0769. The third kappa shape index (κ3) is 3.59. The van der Waals surface area contributed by atoms with Crippen LogP contribution in [0.15, 0.2) is 47.8 Å². The minimum atomic E-state index is -0.411. The number of rotatable bonds is 4. The van der Waals surface area contributed by atoms with Crippen LogP contribution < -0.4 is 4.74 Å². The average molecular weight is 276 g/mol. The topological polar surface area (TPSA) is 109 Å². The third-order valence-corrected chi connectivity index (χ3v) is 2.32. The van der Waals surface area contributed by atoms with Crippen molar-refractivity contribution in [2.45, 2.75) is 0 Å². The fourth-order valence-corrected chi connectivity index (χ4v) is 1.38. The molecular formula is C13H12N2O5. The van der Waals surface area contributed by atoms with E-state index >= 15 is 0 Å². The van der Waals surface area contributed by atoms with Gasteiger partial charge < -0.3 is 14.9 Å². The molecule has 0 radical (unpaired) electrons. The Kier molecular flexibility index (Phi) is 5.31. The zero-order chi connectivity index (χ0) is 13.7. The average Bonchev–Trinajstić information content (AvgIpc) is 2.48. The van der Waals surface area contributed by atoms with Gasteiger partial charge in [-0.2, -0.15) is 0 Å². The number of hydrogen-bond acceptors (Lipinski definition) is 6. The summed E-state index contributed by atoms with van der Waals surface area (Å²) >= 11 is 0. The van der Waals surface area contributed by atoms with Crippen LogP contribution in [0.5, 0.6) is 11.6 Å². The van der Waals surface area contributed by atoms with E-state index in [0.29, 0.717) is 17.2 Å². The van der Waals surface area contributed by atoms with Gasteiger partial charge in [-0.3, -0.25) is 0 Å². The van der Waals surface area contributed by atoms with E-state index in [2.05, 4.69) is 14.9 Å². The molecule has 0 saturated heterocycles. The smallest absolute Gasteiger partial charge is 0.337 e. The molecule has 2 rings (SSSR count). The number of nitroso groups, excluding NO2 is 1. The van der Waals surface area contributed by atoms with Crippen molar-refractivity contribution in [3.05, 3.63) is 53.1 Å². The largest absolute Gasteiger partial charge is 0.465 e. The Hall–Kier alpha value is -2.80. The molecule has 0 aliphatic carbocycles. The first-order valence-electron chi connectivity index (χ1n) is 5.38. The first-order chi connectivity index (χ1) is 9.22. The predicted molar refractivity (Wildman–Crippen MR) is 71.2 cm³/mol. The van der Waals surface area contributed by atoms with Gasteiger partial charge in [0, 0.05) is 6.07 Å². The Morgan fingerprint density at radius 1 is 1.15 bits per heavy atom. The number of aromatic nitrogens is 1. The van der Waals surface area contributed by atoms with Gasteiger partial charge in [0.2, 0.25) is 5.88 Å². The number of carbonyl (C=O) groups is 1. The van der Waals surface area contributed by atoms with Crippen LogP contribution in [0.3, 0.4) is 0 Å². The lowest BCUT2D eigenvalue weighted by Gasteiger charge is -2.05. The Bertz CT molecular complexity index is 581. The first kappa shape index (κ1) is 15.3. The maximum atomic E-state index is 11.2. The summed E-state index contributed by atoms with van der Waals surface area (Å²) in [6, 6.07) is 9.45. The van der Waals surface area contributed by atoms with Crippen molar-refractivity contribution in [2.75, 3.05) is 7.11 Å². The second-order valence-corrected chi connectivity index (χ2v) is 3.56. The molecule has 2 aromatic rings. The van der Waals surface area contributed by atoms with Gasteiger partial charge in [-0.15, -0.1) is 4.91 Å². The number of pyridine rings is 1. The van der Waals surface area contributed by atoms with E-state index in [1.807, 2.05) is 0 Å². The maximum absolute atomic E-state index is 11.2. The first-order valence-corrected chi connectivity index (χ1v) is 5.38. The van der Waals surface area contributed by atoms with Crippen molar-refractivity contribution in [1.82, 2.24) is 4.98 Å². The van der Waals surface area contributed by atoms with Gasteiger partial charge in [0.1, 0.15) is 11.4 Å². The summed E-state index contributed by atoms with van der Waals surface area (Å²) in [7, 11) is 1.32. The molecule has 1 aromatic carbocycles. The molecule has 0 unspecified atom stereocenters. The second kappa shape index (κ2) is 6.95. The lowest BCUT2D eigenvalue weighted by molar-refractivity contribution is 0.0600. The summed E-state index contributed by atoms with van der Waals surface area (Å²) in [5.41, 5.74) is 0.664. The van der Waals surface area contributed by atoms with Crippen molar-refractivity contribution in [3.63, 3.8) is 0 Å². The number of carbonyl (C=O) groups excluding carboxylic acids is 1. The van der Waals surface area contributed by atoms with Gasteiger partial charge in [0.15, 0.2) is 0 Å². The summed E-state index contributed by atoms with van der Waals surface area (Å²) < 4.78 is 10.0. The highest BCUT2D eigenvalue weighted by Gasteiger charge is 2.05. The molecule has 104 valence electrons. The summed E-state index contributed by atoms with van der Waals surface area (Å²) in [5, 5.41) is 2.74. The molecule has 0 fully saturated rings. The van der Waals surface area contributed by atoms with E-state index in [9.17, 15) is 9.70 Å². The highest BCUT2D eigenvalue weighted by molar-refractivity contribution is 5.89. The zero-order valence-corrected chi connectivity index (χ0v) is 10.6. The fourth-order valence-electron chi connectivity index (χ4n) is 1.38. The zero-order valence-electron chi connectivity index (χ0n) is 10.6. The normalized spacial score (nSPS) is 9.25. The van der Waals surface area contributed by atoms with Crippen LogP contribution in [0, 0.1) is 4.91 Å². The minimum absolute atomic E-state index is 0. The monoisotopic (exact) mass is 276 g/mol. The summed E-state index contributed by atoms with van der Waals surface area (Å²) in [6.45, 7) is 0. The minimum Gasteiger partial charge on any atom is -0.465 e. The van der Waals surface area contributed by atoms with Crippen LogP contribution in [0.25, 0.3) is 0 Å². The highest BCUT2D eigenvalue weighted by atomic mass is 16.5. The van der Waals surface area contributed by atoms with Crippen LogP contribution in [0.4, 0.5) is 5.69 Å². The van der Waals surface area contributed by atoms with Gasteiger partial charge in [-0.25, -0.2) is 9.78 Å². The molecule has 1 aromatic heterocycles. The third-order valence-electron chi connectivity index (χ3n) is 2.32. The number of methoxy groups -OCH3 is 1. The van der Waals surface area contributed by atoms with Crippen LogP contribution >= 0.6 is 0 Å². The molecule has 0 aliphatic rings. The van der Waals surface area contributed by atoms with Crippen molar-refractivity contribution in [2.24, 2.45) is 5.18 Å². The molecule has 0 aliphatic heterocycles. The molecular weight excluding hydrogens is 264 g/mol. The Morgan fingerprint density at radius 2 is 1.85 bits per heavy atom. The van der Waals surface area contributed by atoms with Gasteiger partial charge in [-0.05, 0) is 35.5 Å². The molecule has 0 atom stereocenters. The lowest BCUT2D eigenvalue weighted by Crippen LogP contribution is -2.00. The summed E-state index contributed by atoms with van der Waals surface area (Å²) in [5.74, 6) is 0.441. The molecule has 7 nitrogen and oxygen atoms in total. The van der Waals surface area contributed by atoms with Crippen molar-refractivity contribution >= 4 is 11.7 Å². The number of benzene rings is 1. The summed E-state index contributed by atoms with van der Waals surface area (Å²) in [6.07, 6.45) is 1.31. The Morgan fingerprint density at radius 3 is 2.35 bits per heavy atom. The van der Waals surface area contributed by atoms with E-state index in [1.54, 1.807) is 24.3 Å². The van der Waals surface area contributed by atoms with E-state index in [1.165, 1.54) is 25.4 Å². The quantitative estimate of drug-likeness (QED) is 0.628. The number of nitrogens with zero attached hydrogens (tertiary/aromatic N) is 2. The molecule has 0 spiro atoms. The maximum Gasteiger partial charge on any atom is 0.337 e. The Labute approximate surface area is 114 Å². The second-order valence-electron chi connectivity index (χ2n) is 3.56. The van der Waals surface area contributed by atoms with E-state index in [0.717, 1.165) is 0 Å². The molecule has 7 heteroatoms. The van der Waals surface area contributed by atoms with E-state index in [4.69, 9.17) is 4.74 Å². The van der Waals surface area contributed by atoms with Gasteiger partial charge >= 0.3 is 5.97 Å². The van der Waals surface area contributed by atoms with Gasteiger partial charge in [0.25, 0.3) is 0 Å². The van der Waals surface area contributed by atoms with Crippen molar-refractivity contribution in [1.29, 1.82) is 0 Å². The molecule has 0 bridgehead atoms. The Balaban J connectivity index is 0.00000200. The summed E-state index contributed by atoms with van der Waals surface area (Å²) in [4.78, 5) is 25.4. The molecule has 20 heavy (non-hydrogen) atoms. The van der Waals surface area contributed by atoms with Crippen LogP contribution in [0.1, 0.15) is 10.4 Å². The van der Waals surface area contributed by atoms with Crippen molar-refractivity contribution < 1.29 is 19.7 Å². The number of esters is 1. The van der Waals surface area contributed by atoms with Crippen LogP contribution in [-0.4, -0.2) is 23.5 Å². The van der Waals surface area contributed by atoms with Gasteiger partial charge in [0.05, 0.1) is 18.9 Å². The highest BCUT2D eigenvalue weighted by Crippen LogP contribution is 2.21. The standard InChI is InChI=1S/C13H10N2O4.H2O/c1-18-13(16)9-2-5-11(6-3-9)19-12-7-4-10(15-17)8-14-12;/h2-8H,1H3;1H2. The molecule has 2 N–H and O–H groups in total. The van der Waals surface area contributed by atoms with Gasteiger partial charge in [-0.1, -0.05) is 0 Å². The number of ether oxygens (including phenoxy) is 2. The predicted octanol–water partition coefficient (Wildman–Crippen LogP) is 2.23. The molecule has 0 saturated carbocycles. The lowest BCUT2D eigenvalue weighted by atomic mass is 10.2. The van der Waals surface area contributed by atoms with Crippen LogP contribution in [0.2, 0.25) is 0 Å².